The molecule has 0 amide bonds. The number of rotatable bonds is 10. The summed E-state index contributed by atoms with van der Waals surface area (Å²) >= 11 is 0. The van der Waals surface area contributed by atoms with Crippen molar-refractivity contribution in [3.05, 3.63) is 12.2 Å². The van der Waals surface area contributed by atoms with Crippen LogP contribution in [-0.4, -0.2) is 54.5 Å². The summed E-state index contributed by atoms with van der Waals surface area (Å²) in [7, 11) is -1.11. The molecule has 0 spiro atoms. The lowest BCUT2D eigenvalue weighted by Crippen LogP contribution is -2.34. The van der Waals surface area contributed by atoms with Gasteiger partial charge in [0.25, 0.3) is 8.53 Å². The van der Waals surface area contributed by atoms with Crippen LogP contribution in [0, 0.1) is 35.0 Å². The lowest BCUT2D eigenvalue weighted by molar-refractivity contribution is 0.158. The van der Waals surface area contributed by atoms with Crippen molar-refractivity contribution >= 4 is 8.53 Å². The maximum Gasteiger partial charge on any atom is 0.259 e. The molecule has 5 atom stereocenters. The molecule has 3 rings (SSSR count). The first-order chi connectivity index (χ1) is 12.5. The summed E-state index contributed by atoms with van der Waals surface area (Å²) in [6.45, 7) is 13.3. The average Bonchev–Trinajstić information content (AvgIpc) is 3.27. The summed E-state index contributed by atoms with van der Waals surface area (Å²) in [5.41, 5.74) is 0. The molecule has 6 heteroatoms. The Morgan fingerprint density at radius 3 is 2.19 bits per heavy atom. The molecule has 5 unspecified atom stereocenters. The summed E-state index contributed by atoms with van der Waals surface area (Å²) in [5.74, 6) is 3.42. The first kappa shape index (κ1) is 20.2. The summed E-state index contributed by atoms with van der Waals surface area (Å²) in [4.78, 5) is 2.58. The minimum Gasteiger partial charge on any atom is -0.321 e. The number of hydrogen-bond donors (Lipinski definition) is 0. The minimum atomic E-state index is -1.11. The highest BCUT2D eigenvalue weighted by molar-refractivity contribution is 7.44. The van der Waals surface area contributed by atoms with Crippen LogP contribution >= 0.6 is 8.53 Å². The number of nitrogens with zero attached hydrogens (tertiary/aromatic N) is 3. The third-order valence-electron chi connectivity index (χ3n) is 6.01. The Kier molecular flexibility index (Phi) is 7.11. The molecule has 26 heavy (non-hydrogen) atoms. The van der Waals surface area contributed by atoms with E-state index >= 15 is 0 Å². The molecule has 1 saturated carbocycles. The van der Waals surface area contributed by atoms with E-state index < -0.39 is 8.53 Å². The van der Waals surface area contributed by atoms with Crippen LogP contribution in [0.25, 0.3) is 0 Å². The van der Waals surface area contributed by atoms with E-state index in [1.165, 1.54) is 19.5 Å². The van der Waals surface area contributed by atoms with Crippen LogP contribution < -0.4 is 0 Å². The van der Waals surface area contributed by atoms with E-state index in [0.717, 1.165) is 30.2 Å². The molecule has 2 bridgehead atoms. The van der Waals surface area contributed by atoms with E-state index in [4.69, 9.17) is 14.3 Å². The van der Waals surface area contributed by atoms with Gasteiger partial charge in [0.15, 0.2) is 0 Å². The molecule has 0 aromatic heterocycles. The number of nitriles is 1. The zero-order valence-electron chi connectivity index (χ0n) is 16.7. The van der Waals surface area contributed by atoms with Gasteiger partial charge >= 0.3 is 0 Å². The van der Waals surface area contributed by atoms with Gasteiger partial charge in [-0.1, -0.05) is 12.2 Å². The number of fused-ring (bicyclic) bond motifs is 5. The number of likely N-dealkylation sites (tertiary alicyclic amines) is 1. The van der Waals surface area contributed by atoms with Crippen LogP contribution in [0.15, 0.2) is 12.2 Å². The quantitative estimate of drug-likeness (QED) is 0.326. The van der Waals surface area contributed by atoms with Crippen LogP contribution in [0.3, 0.4) is 0 Å². The Balaban J connectivity index is 1.47. The summed E-state index contributed by atoms with van der Waals surface area (Å²) < 4.78 is 14.5. The van der Waals surface area contributed by atoms with Crippen LogP contribution in [0.2, 0.25) is 0 Å². The Bertz CT molecular complexity index is 506. The van der Waals surface area contributed by atoms with Crippen molar-refractivity contribution in [1.29, 1.82) is 5.26 Å². The topological polar surface area (TPSA) is 48.7 Å². The Morgan fingerprint density at radius 1 is 1.08 bits per heavy atom. The van der Waals surface area contributed by atoms with Crippen molar-refractivity contribution in [2.45, 2.75) is 52.6 Å². The van der Waals surface area contributed by atoms with E-state index in [2.05, 4.69) is 55.5 Å². The lowest BCUT2D eigenvalue weighted by atomic mass is 9.86. The molecule has 0 aromatic carbocycles. The fourth-order valence-electron chi connectivity index (χ4n) is 4.98. The fraction of sp³-hybridized carbons (Fsp3) is 0.850. The molecule has 2 fully saturated rings. The fourth-order valence-corrected chi connectivity index (χ4v) is 6.56. The smallest absolute Gasteiger partial charge is 0.259 e. The third kappa shape index (κ3) is 4.49. The minimum absolute atomic E-state index is 0.357. The molecular formula is C20H34N3O2P. The highest BCUT2D eigenvalue weighted by Crippen LogP contribution is 2.51. The highest BCUT2D eigenvalue weighted by atomic mass is 31.2. The van der Waals surface area contributed by atoms with Gasteiger partial charge in [-0.05, 0) is 57.8 Å². The van der Waals surface area contributed by atoms with E-state index in [9.17, 15) is 0 Å². The van der Waals surface area contributed by atoms with Gasteiger partial charge in [-0.3, -0.25) is 0 Å². The van der Waals surface area contributed by atoms with Gasteiger partial charge in [0.05, 0.1) is 25.7 Å². The average molecular weight is 379 g/mol. The second-order valence-electron chi connectivity index (χ2n) is 8.42. The molecule has 2 aliphatic carbocycles. The summed E-state index contributed by atoms with van der Waals surface area (Å²) in [5, 5.41) is 8.79. The Morgan fingerprint density at radius 2 is 1.65 bits per heavy atom. The monoisotopic (exact) mass is 379 g/mol. The van der Waals surface area contributed by atoms with Crippen molar-refractivity contribution in [3.8, 4) is 6.07 Å². The maximum absolute atomic E-state index is 8.79. The van der Waals surface area contributed by atoms with Gasteiger partial charge < -0.3 is 13.9 Å². The third-order valence-corrected chi connectivity index (χ3v) is 8.12. The molecule has 1 saturated heterocycles. The normalized spacial score (nSPS) is 31.3. The summed E-state index contributed by atoms with van der Waals surface area (Å²) in [6.07, 6.45) is 6.72. The Labute approximate surface area is 160 Å². The van der Waals surface area contributed by atoms with Crippen molar-refractivity contribution in [2.24, 2.45) is 23.7 Å². The molecule has 0 N–H and O–H groups in total. The van der Waals surface area contributed by atoms with Gasteiger partial charge in [-0.15, -0.1) is 0 Å². The second-order valence-corrected chi connectivity index (χ2v) is 9.87. The maximum atomic E-state index is 8.79. The number of hydrogen-bond acceptors (Lipinski definition) is 5. The van der Waals surface area contributed by atoms with E-state index in [1.807, 2.05) is 0 Å². The van der Waals surface area contributed by atoms with Crippen molar-refractivity contribution in [3.63, 3.8) is 0 Å². The van der Waals surface area contributed by atoms with Gasteiger partial charge in [-0.2, -0.15) is 5.26 Å². The van der Waals surface area contributed by atoms with Crippen molar-refractivity contribution in [2.75, 3.05) is 32.8 Å². The molecule has 1 aliphatic heterocycles. The zero-order valence-corrected chi connectivity index (χ0v) is 17.6. The summed E-state index contributed by atoms with van der Waals surface area (Å²) in [6, 6.07) is 2.87. The SMILES string of the molecule is CC(C)N(C(C)C)P(OCCC#N)OCCN1CC2C3C=CC(C3)C2C1. The Hall–Kier alpha value is -0.500. The van der Waals surface area contributed by atoms with Gasteiger partial charge in [-0.25, -0.2) is 4.67 Å². The van der Waals surface area contributed by atoms with Crippen LogP contribution in [0.4, 0.5) is 0 Å². The molecule has 0 aromatic rings. The first-order valence-electron chi connectivity index (χ1n) is 10.1. The van der Waals surface area contributed by atoms with Crippen LogP contribution in [0.1, 0.15) is 40.5 Å². The number of allylic oxidation sites excluding steroid dienone is 2. The predicted molar refractivity (Wildman–Crippen MR) is 105 cm³/mol. The van der Waals surface area contributed by atoms with Crippen molar-refractivity contribution < 1.29 is 9.05 Å². The molecule has 146 valence electrons. The van der Waals surface area contributed by atoms with Crippen LogP contribution in [-0.2, 0) is 9.05 Å². The molecule has 1 heterocycles. The zero-order chi connectivity index (χ0) is 18.7. The predicted octanol–water partition coefficient (Wildman–Crippen LogP) is 4.03. The van der Waals surface area contributed by atoms with Crippen LogP contribution in [0.5, 0.6) is 0 Å². The lowest BCUT2D eigenvalue weighted by Gasteiger charge is -2.35. The molecular weight excluding hydrogens is 345 g/mol. The van der Waals surface area contributed by atoms with Crippen molar-refractivity contribution in [1.82, 2.24) is 9.57 Å². The first-order valence-corrected chi connectivity index (χ1v) is 11.3. The van der Waals surface area contributed by atoms with Gasteiger partial charge in [0, 0.05) is 31.7 Å². The molecule has 0 radical (unpaired) electrons. The van der Waals surface area contributed by atoms with Gasteiger partial charge in [0.1, 0.15) is 0 Å². The highest BCUT2D eigenvalue weighted by Gasteiger charge is 2.48. The molecule has 3 aliphatic rings. The van der Waals surface area contributed by atoms with Gasteiger partial charge in [0.2, 0.25) is 0 Å². The van der Waals surface area contributed by atoms with E-state index in [1.54, 1.807) is 0 Å². The van der Waals surface area contributed by atoms with E-state index in [0.29, 0.717) is 31.7 Å². The largest absolute Gasteiger partial charge is 0.321 e. The second kappa shape index (κ2) is 9.13. The standard InChI is InChI=1S/C20H34N3O2P/c1-15(2)23(16(3)4)26(24-10-5-8-21)25-11-9-22-13-19-17-6-7-18(12-17)20(19)14-22/h6-7,15-20H,5,9-14H2,1-4H3. The molecule has 5 nitrogen and oxygen atoms in total. The van der Waals surface area contributed by atoms with E-state index in [-0.39, 0.29) is 0 Å².